The predicted molar refractivity (Wildman–Crippen MR) is 91.6 cm³/mol. The van der Waals surface area contributed by atoms with Crippen LogP contribution in [0.3, 0.4) is 0 Å². The second-order valence-electron chi connectivity index (χ2n) is 5.91. The van der Waals surface area contributed by atoms with Crippen molar-refractivity contribution in [2.75, 3.05) is 29.9 Å². The maximum atomic E-state index is 12.2. The molecule has 1 aromatic carbocycles. The van der Waals surface area contributed by atoms with E-state index in [1.54, 1.807) is 0 Å². The van der Waals surface area contributed by atoms with Gasteiger partial charge in [0.25, 0.3) is 0 Å². The van der Waals surface area contributed by atoms with Crippen LogP contribution >= 0.6 is 0 Å². The Morgan fingerprint density at radius 1 is 1.32 bits per heavy atom. The van der Waals surface area contributed by atoms with Gasteiger partial charge in [0.1, 0.15) is 0 Å². The molecular formula is C18H28N2O2. The third-order valence-electron chi connectivity index (χ3n) is 4.30. The summed E-state index contributed by atoms with van der Waals surface area (Å²) in [6, 6.07) is 6.22. The number of rotatable bonds is 6. The molecule has 0 aromatic heterocycles. The molecule has 0 spiro atoms. The van der Waals surface area contributed by atoms with E-state index in [2.05, 4.69) is 36.2 Å². The Labute approximate surface area is 133 Å². The molecule has 1 aliphatic rings. The molecule has 0 radical (unpaired) electrons. The molecule has 4 nitrogen and oxygen atoms in total. The Morgan fingerprint density at radius 2 is 2.09 bits per heavy atom. The highest BCUT2D eigenvalue weighted by Gasteiger charge is 2.18. The molecule has 2 rings (SSSR count). The quantitative estimate of drug-likeness (QED) is 0.870. The average Bonchev–Trinajstić information content (AvgIpc) is 2.52. The van der Waals surface area contributed by atoms with E-state index in [0.717, 1.165) is 50.2 Å². The molecule has 1 heterocycles. The van der Waals surface area contributed by atoms with Gasteiger partial charge in [-0.05, 0) is 63.8 Å². The summed E-state index contributed by atoms with van der Waals surface area (Å²) in [7, 11) is 0. The smallest absolute Gasteiger partial charge is 0.226 e. The number of nitrogens with one attached hydrogen (secondary N) is 1. The largest absolute Gasteiger partial charge is 0.378 e. The molecule has 0 aliphatic carbocycles. The fraction of sp³-hybridized carbons (Fsp3) is 0.611. The first-order valence-corrected chi connectivity index (χ1v) is 8.41. The van der Waals surface area contributed by atoms with Crippen molar-refractivity contribution in [1.82, 2.24) is 0 Å². The van der Waals surface area contributed by atoms with Crippen LogP contribution in [0.25, 0.3) is 0 Å². The van der Waals surface area contributed by atoms with E-state index in [9.17, 15) is 4.79 Å². The van der Waals surface area contributed by atoms with E-state index in [-0.39, 0.29) is 12.0 Å². The number of carbonyl (C=O) groups is 1. The number of hydrogen-bond donors (Lipinski definition) is 1. The van der Waals surface area contributed by atoms with Crippen molar-refractivity contribution in [2.24, 2.45) is 0 Å². The average molecular weight is 304 g/mol. The number of ether oxygens (including phenoxy) is 1. The Morgan fingerprint density at radius 3 is 2.68 bits per heavy atom. The van der Waals surface area contributed by atoms with Crippen molar-refractivity contribution < 1.29 is 9.53 Å². The zero-order valence-electron chi connectivity index (χ0n) is 14.0. The van der Waals surface area contributed by atoms with Crippen LogP contribution in [-0.4, -0.2) is 31.7 Å². The number of amides is 1. The summed E-state index contributed by atoms with van der Waals surface area (Å²) >= 11 is 0. The highest BCUT2D eigenvalue weighted by Crippen LogP contribution is 2.23. The zero-order valence-corrected chi connectivity index (χ0v) is 14.0. The lowest BCUT2D eigenvalue weighted by molar-refractivity contribution is -0.119. The minimum Gasteiger partial charge on any atom is -0.378 e. The number of aryl methyl sites for hydroxylation is 1. The molecule has 1 fully saturated rings. The lowest BCUT2D eigenvalue weighted by atomic mass is 10.1. The monoisotopic (exact) mass is 304 g/mol. The first kappa shape index (κ1) is 16.8. The zero-order chi connectivity index (χ0) is 15.9. The summed E-state index contributed by atoms with van der Waals surface area (Å²) in [6.07, 6.45) is 3.81. The molecule has 22 heavy (non-hydrogen) atoms. The van der Waals surface area contributed by atoms with Gasteiger partial charge in [0.2, 0.25) is 5.91 Å². The van der Waals surface area contributed by atoms with Crippen LogP contribution in [0.4, 0.5) is 11.4 Å². The van der Waals surface area contributed by atoms with Crippen molar-refractivity contribution >= 4 is 17.3 Å². The molecule has 4 heteroatoms. The van der Waals surface area contributed by atoms with Crippen molar-refractivity contribution in [2.45, 2.75) is 52.6 Å². The Balaban J connectivity index is 1.95. The molecule has 1 amide bonds. The second-order valence-corrected chi connectivity index (χ2v) is 5.91. The number of nitrogens with zero attached hydrogens (tertiary/aromatic N) is 1. The molecule has 1 atom stereocenters. The Kier molecular flexibility index (Phi) is 6.25. The molecule has 122 valence electrons. The van der Waals surface area contributed by atoms with E-state index >= 15 is 0 Å². The van der Waals surface area contributed by atoms with Gasteiger partial charge < -0.3 is 15.0 Å². The van der Waals surface area contributed by atoms with Gasteiger partial charge in [-0.3, -0.25) is 4.79 Å². The summed E-state index contributed by atoms with van der Waals surface area (Å²) in [5.74, 6) is 0.0468. The van der Waals surface area contributed by atoms with Crippen LogP contribution < -0.4 is 10.2 Å². The van der Waals surface area contributed by atoms with Crippen molar-refractivity contribution in [3.05, 3.63) is 23.8 Å². The van der Waals surface area contributed by atoms with Gasteiger partial charge in [-0.15, -0.1) is 0 Å². The first-order valence-electron chi connectivity index (χ1n) is 8.41. The minimum absolute atomic E-state index is 0.0468. The van der Waals surface area contributed by atoms with Gasteiger partial charge >= 0.3 is 0 Å². The first-order chi connectivity index (χ1) is 10.6. The Hall–Kier alpha value is -1.55. The predicted octanol–water partition coefficient (Wildman–Crippen LogP) is 3.74. The molecular weight excluding hydrogens is 276 g/mol. The minimum atomic E-state index is 0.0468. The summed E-state index contributed by atoms with van der Waals surface area (Å²) in [5, 5.41) is 3.02. The fourth-order valence-corrected chi connectivity index (χ4v) is 2.95. The molecule has 1 N–H and O–H groups in total. The second kappa shape index (κ2) is 8.18. The number of hydrogen-bond acceptors (Lipinski definition) is 3. The van der Waals surface area contributed by atoms with Crippen LogP contribution in [0, 0.1) is 6.92 Å². The van der Waals surface area contributed by atoms with Crippen molar-refractivity contribution in [1.29, 1.82) is 0 Å². The van der Waals surface area contributed by atoms with E-state index in [0.29, 0.717) is 6.42 Å². The standard InChI is InChI=1S/C18H28N2O2/c1-4-20(5-2)15-9-10-17(14(3)12-15)19-18(21)13-16-8-6-7-11-22-16/h9-10,12,16H,4-8,11,13H2,1-3H3,(H,19,21). The number of benzene rings is 1. The molecule has 1 aliphatic heterocycles. The summed E-state index contributed by atoms with van der Waals surface area (Å²) in [5.41, 5.74) is 3.20. The van der Waals surface area contributed by atoms with E-state index < -0.39 is 0 Å². The van der Waals surface area contributed by atoms with Crippen molar-refractivity contribution in [3.63, 3.8) is 0 Å². The molecule has 1 aromatic rings. The normalized spacial score (nSPS) is 18.0. The van der Waals surface area contributed by atoms with Gasteiger partial charge in [0, 0.05) is 31.1 Å². The third kappa shape index (κ3) is 4.47. The van der Waals surface area contributed by atoms with Crippen LogP contribution in [0.2, 0.25) is 0 Å². The highest BCUT2D eigenvalue weighted by molar-refractivity contribution is 5.92. The van der Waals surface area contributed by atoms with E-state index in [1.807, 2.05) is 13.0 Å². The highest BCUT2D eigenvalue weighted by atomic mass is 16.5. The maximum absolute atomic E-state index is 12.2. The van der Waals surface area contributed by atoms with Crippen molar-refractivity contribution in [3.8, 4) is 0 Å². The van der Waals surface area contributed by atoms with Gasteiger partial charge in [0.15, 0.2) is 0 Å². The molecule has 1 unspecified atom stereocenters. The number of anilines is 2. The van der Waals surface area contributed by atoms with E-state index in [4.69, 9.17) is 4.74 Å². The maximum Gasteiger partial charge on any atom is 0.226 e. The lowest BCUT2D eigenvalue weighted by Gasteiger charge is -2.23. The van der Waals surface area contributed by atoms with Gasteiger partial charge in [-0.2, -0.15) is 0 Å². The van der Waals surface area contributed by atoms with Gasteiger partial charge in [-0.25, -0.2) is 0 Å². The van der Waals surface area contributed by atoms with Crippen LogP contribution in [0.5, 0.6) is 0 Å². The molecule has 1 saturated heterocycles. The summed E-state index contributed by atoms with van der Waals surface area (Å²) in [4.78, 5) is 14.5. The Bertz CT molecular complexity index is 492. The number of carbonyl (C=O) groups excluding carboxylic acids is 1. The molecule has 0 bridgehead atoms. The van der Waals surface area contributed by atoms with Gasteiger partial charge in [0.05, 0.1) is 12.5 Å². The van der Waals surface area contributed by atoms with Crippen LogP contribution in [0.15, 0.2) is 18.2 Å². The summed E-state index contributed by atoms with van der Waals surface area (Å²) < 4.78 is 5.63. The van der Waals surface area contributed by atoms with Crippen LogP contribution in [-0.2, 0) is 9.53 Å². The SMILES string of the molecule is CCN(CC)c1ccc(NC(=O)CC2CCCCO2)c(C)c1. The van der Waals surface area contributed by atoms with Gasteiger partial charge in [-0.1, -0.05) is 0 Å². The lowest BCUT2D eigenvalue weighted by Crippen LogP contribution is -2.26. The fourth-order valence-electron chi connectivity index (χ4n) is 2.95. The third-order valence-corrected chi connectivity index (χ3v) is 4.30. The summed E-state index contributed by atoms with van der Waals surface area (Å²) in [6.45, 7) is 9.11. The van der Waals surface area contributed by atoms with E-state index in [1.165, 1.54) is 5.69 Å². The molecule has 0 saturated carbocycles. The topological polar surface area (TPSA) is 41.6 Å². The van der Waals surface area contributed by atoms with Crippen LogP contribution in [0.1, 0.15) is 45.1 Å².